The van der Waals surface area contributed by atoms with Crippen molar-refractivity contribution >= 4 is 34.0 Å². The Bertz CT molecular complexity index is 384. The SMILES string of the molecule is Clc1cccc2cccc(Cl)c12. The number of rotatable bonds is 0. The van der Waals surface area contributed by atoms with E-state index in [0.717, 1.165) is 10.8 Å². The van der Waals surface area contributed by atoms with Crippen LogP contribution in [0.25, 0.3) is 10.8 Å². The van der Waals surface area contributed by atoms with Crippen molar-refractivity contribution < 1.29 is 0 Å². The van der Waals surface area contributed by atoms with E-state index in [2.05, 4.69) is 0 Å². The average molecular weight is 197 g/mol. The number of hydrogen-bond donors (Lipinski definition) is 0. The van der Waals surface area contributed by atoms with Gasteiger partial charge in [-0.1, -0.05) is 47.5 Å². The third-order valence-corrected chi connectivity index (χ3v) is 2.43. The maximum Gasteiger partial charge on any atom is 0.0499 e. The molecule has 0 heterocycles. The van der Waals surface area contributed by atoms with Crippen LogP contribution in [0.1, 0.15) is 0 Å². The second-order valence-electron chi connectivity index (χ2n) is 2.58. The lowest BCUT2D eigenvalue weighted by atomic mass is 10.1. The van der Waals surface area contributed by atoms with Gasteiger partial charge in [0.15, 0.2) is 0 Å². The Labute approximate surface area is 80.7 Å². The summed E-state index contributed by atoms with van der Waals surface area (Å²) < 4.78 is 0. The Hall–Kier alpha value is -0.720. The highest BCUT2D eigenvalue weighted by Gasteiger charge is 2.00. The van der Waals surface area contributed by atoms with E-state index in [4.69, 9.17) is 23.2 Å². The fraction of sp³-hybridized carbons (Fsp3) is 0. The van der Waals surface area contributed by atoms with Gasteiger partial charge >= 0.3 is 0 Å². The first-order valence-corrected chi connectivity index (χ1v) is 4.37. The van der Waals surface area contributed by atoms with Crippen LogP contribution in [0, 0.1) is 0 Å². The minimum Gasteiger partial charge on any atom is -0.0836 e. The second-order valence-corrected chi connectivity index (χ2v) is 3.39. The molecule has 0 amide bonds. The van der Waals surface area contributed by atoms with Crippen molar-refractivity contribution in [3.05, 3.63) is 46.4 Å². The van der Waals surface area contributed by atoms with Gasteiger partial charge in [0.2, 0.25) is 0 Å². The monoisotopic (exact) mass is 196 g/mol. The number of benzene rings is 2. The molecule has 0 unspecified atom stereocenters. The molecule has 60 valence electrons. The molecule has 0 nitrogen and oxygen atoms in total. The van der Waals surface area contributed by atoms with Crippen LogP contribution in [0.5, 0.6) is 0 Å². The summed E-state index contributed by atoms with van der Waals surface area (Å²) in [7, 11) is 0. The fourth-order valence-electron chi connectivity index (χ4n) is 1.25. The Balaban J connectivity index is 2.96. The van der Waals surface area contributed by atoms with Crippen molar-refractivity contribution in [2.24, 2.45) is 0 Å². The molecule has 0 atom stereocenters. The Morgan fingerprint density at radius 2 is 1.25 bits per heavy atom. The van der Waals surface area contributed by atoms with Gasteiger partial charge in [0, 0.05) is 15.4 Å². The lowest BCUT2D eigenvalue weighted by molar-refractivity contribution is 1.75. The Morgan fingerprint density at radius 1 is 0.750 bits per heavy atom. The van der Waals surface area contributed by atoms with Gasteiger partial charge in [-0.2, -0.15) is 0 Å². The molecule has 0 N–H and O–H groups in total. The lowest BCUT2D eigenvalue weighted by Crippen LogP contribution is -1.74. The molecule has 2 aromatic rings. The smallest absolute Gasteiger partial charge is 0.0499 e. The van der Waals surface area contributed by atoms with E-state index in [1.165, 1.54) is 0 Å². The number of fused-ring (bicyclic) bond motifs is 1. The molecule has 2 heteroatoms. The van der Waals surface area contributed by atoms with Crippen molar-refractivity contribution in [2.75, 3.05) is 0 Å². The van der Waals surface area contributed by atoms with Crippen molar-refractivity contribution in [2.45, 2.75) is 0 Å². The van der Waals surface area contributed by atoms with E-state index in [0.29, 0.717) is 10.0 Å². The van der Waals surface area contributed by atoms with Gasteiger partial charge < -0.3 is 0 Å². The molecule has 0 spiro atoms. The highest BCUT2D eigenvalue weighted by atomic mass is 35.5. The Kier molecular flexibility index (Phi) is 1.95. The molecule has 0 aliphatic rings. The van der Waals surface area contributed by atoms with Crippen molar-refractivity contribution in [3.63, 3.8) is 0 Å². The second kappa shape index (κ2) is 2.96. The third kappa shape index (κ3) is 1.17. The van der Waals surface area contributed by atoms with Crippen molar-refractivity contribution in [3.8, 4) is 0 Å². The molecule has 0 saturated carbocycles. The van der Waals surface area contributed by atoms with E-state index in [1.54, 1.807) is 0 Å². The standard InChI is InChI=1S/C10H6Cl2/c11-8-5-1-3-7-4-2-6-9(12)10(7)8/h1-6H. The van der Waals surface area contributed by atoms with E-state index < -0.39 is 0 Å². The zero-order chi connectivity index (χ0) is 8.55. The molecule has 2 aromatic carbocycles. The first-order valence-electron chi connectivity index (χ1n) is 3.62. The van der Waals surface area contributed by atoms with Crippen LogP contribution in [0.3, 0.4) is 0 Å². The summed E-state index contributed by atoms with van der Waals surface area (Å²) in [6.07, 6.45) is 0. The highest BCUT2D eigenvalue weighted by Crippen LogP contribution is 2.29. The van der Waals surface area contributed by atoms with Crippen LogP contribution in [-0.2, 0) is 0 Å². The predicted molar refractivity (Wildman–Crippen MR) is 54.0 cm³/mol. The third-order valence-electron chi connectivity index (χ3n) is 1.80. The van der Waals surface area contributed by atoms with Gasteiger partial charge in [0.1, 0.15) is 0 Å². The molecule has 0 radical (unpaired) electrons. The summed E-state index contributed by atoms with van der Waals surface area (Å²) in [5.41, 5.74) is 0. The quantitative estimate of drug-likeness (QED) is 0.595. The maximum absolute atomic E-state index is 5.98. The van der Waals surface area contributed by atoms with E-state index in [9.17, 15) is 0 Å². The summed E-state index contributed by atoms with van der Waals surface area (Å²) in [6.45, 7) is 0. The molecule has 0 aliphatic heterocycles. The van der Waals surface area contributed by atoms with Gasteiger partial charge in [0.25, 0.3) is 0 Å². The molecular formula is C10H6Cl2. The molecule has 0 bridgehead atoms. The highest BCUT2D eigenvalue weighted by molar-refractivity contribution is 6.42. The largest absolute Gasteiger partial charge is 0.0836 e. The first-order chi connectivity index (χ1) is 5.79. The number of hydrogen-bond acceptors (Lipinski definition) is 0. The molecule has 0 aliphatic carbocycles. The van der Waals surface area contributed by atoms with E-state index in [-0.39, 0.29) is 0 Å². The molecule has 0 saturated heterocycles. The van der Waals surface area contributed by atoms with Crippen LogP contribution in [0.4, 0.5) is 0 Å². The van der Waals surface area contributed by atoms with Gasteiger partial charge in [0.05, 0.1) is 0 Å². The molecule has 0 aromatic heterocycles. The predicted octanol–water partition coefficient (Wildman–Crippen LogP) is 4.15. The number of halogens is 2. The maximum atomic E-state index is 5.98. The fourth-order valence-corrected chi connectivity index (χ4v) is 1.87. The van der Waals surface area contributed by atoms with Gasteiger partial charge in [-0.25, -0.2) is 0 Å². The van der Waals surface area contributed by atoms with Gasteiger partial charge in [-0.3, -0.25) is 0 Å². The van der Waals surface area contributed by atoms with Crippen molar-refractivity contribution in [1.82, 2.24) is 0 Å². The minimum atomic E-state index is 0.707. The molecular weight excluding hydrogens is 191 g/mol. The summed E-state index contributed by atoms with van der Waals surface area (Å²) >= 11 is 12.0. The van der Waals surface area contributed by atoms with E-state index in [1.807, 2.05) is 36.4 Å². The van der Waals surface area contributed by atoms with Crippen LogP contribution in [-0.4, -0.2) is 0 Å². The van der Waals surface area contributed by atoms with Gasteiger partial charge in [-0.15, -0.1) is 0 Å². The minimum absolute atomic E-state index is 0.707. The Morgan fingerprint density at radius 3 is 1.67 bits per heavy atom. The van der Waals surface area contributed by atoms with Crippen LogP contribution >= 0.6 is 23.2 Å². The summed E-state index contributed by atoms with van der Waals surface area (Å²) in [5, 5.41) is 3.43. The summed E-state index contributed by atoms with van der Waals surface area (Å²) in [4.78, 5) is 0. The van der Waals surface area contributed by atoms with Crippen LogP contribution in [0.2, 0.25) is 10.0 Å². The van der Waals surface area contributed by atoms with Gasteiger partial charge in [-0.05, 0) is 17.5 Å². The average Bonchev–Trinajstić information content (AvgIpc) is 2.04. The molecule has 2 rings (SSSR count). The molecule has 0 fully saturated rings. The van der Waals surface area contributed by atoms with E-state index >= 15 is 0 Å². The van der Waals surface area contributed by atoms with Crippen LogP contribution < -0.4 is 0 Å². The first kappa shape index (κ1) is 7.90. The summed E-state index contributed by atoms with van der Waals surface area (Å²) in [6, 6.07) is 11.5. The lowest BCUT2D eigenvalue weighted by Gasteiger charge is -2.00. The zero-order valence-corrected chi connectivity index (χ0v) is 7.73. The van der Waals surface area contributed by atoms with Crippen molar-refractivity contribution in [1.29, 1.82) is 0 Å². The normalized spacial score (nSPS) is 10.5. The van der Waals surface area contributed by atoms with Crippen LogP contribution in [0.15, 0.2) is 36.4 Å². The topological polar surface area (TPSA) is 0 Å². The zero-order valence-electron chi connectivity index (χ0n) is 6.22. The molecule has 12 heavy (non-hydrogen) atoms. The summed E-state index contributed by atoms with van der Waals surface area (Å²) in [5.74, 6) is 0.